The van der Waals surface area contributed by atoms with Crippen molar-refractivity contribution in [2.45, 2.75) is 13.0 Å². The zero-order valence-corrected chi connectivity index (χ0v) is 11.1. The summed E-state index contributed by atoms with van der Waals surface area (Å²) in [5, 5.41) is 3.58. The lowest BCUT2D eigenvalue weighted by molar-refractivity contribution is 0.588. The summed E-state index contributed by atoms with van der Waals surface area (Å²) >= 11 is 6.10. The lowest BCUT2D eigenvalue weighted by atomic mass is 10.00. The summed E-state index contributed by atoms with van der Waals surface area (Å²) < 4.78 is 26.6. The molecule has 1 aromatic heterocycles. The first-order valence-electron chi connectivity index (χ1n) is 5.90. The number of nitrogens with one attached hydrogen (secondary N) is 1. The van der Waals surface area contributed by atoms with Crippen LogP contribution in [-0.2, 0) is 0 Å². The van der Waals surface area contributed by atoms with Crippen LogP contribution in [0.2, 0.25) is 5.02 Å². The molecule has 0 aliphatic heterocycles. The third kappa shape index (κ3) is 3.28. The molecule has 1 aromatic carbocycles. The molecule has 1 atom stereocenters. The van der Waals surface area contributed by atoms with Gasteiger partial charge in [0.2, 0.25) is 0 Å². The van der Waals surface area contributed by atoms with Crippen molar-refractivity contribution in [1.82, 2.24) is 10.3 Å². The van der Waals surface area contributed by atoms with Crippen LogP contribution in [0.3, 0.4) is 0 Å². The van der Waals surface area contributed by atoms with E-state index >= 15 is 0 Å². The van der Waals surface area contributed by atoms with E-state index in [1.54, 1.807) is 0 Å². The second kappa shape index (κ2) is 6.08. The molecule has 1 N–H and O–H groups in total. The average molecular weight is 283 g/mol. The highest BCUT2D eigenvalue weighted by atomic mass is 35.5. The smallest absolute Gasteiger partial charge is 0.141 e. The zero-order valence-electron chi connectivity index (χ0n) is 10.3. The Labute approximate surface area is 115 Å². The summed E-state index contributed by atoms with van der Waals surface area (Å²) in [6.07, 6.45) is 2.66. The van der Waals surface area contributed by atoms with Crippen molar-refractivity contribution in [1.29, 1.82) is 0 Å². The largest absolute Gasteiger partial charge is 0.306 e. The Hall–Kier alpha value is -1.52. The van der Waals surface area contributed by atoms with Crippen molar-refractivity contribution >= 4 is 11.6 Å². The summed E-state index contributed by atoms with van der Waals surface area (Å²) in [7, 11) is 0. The number of hydrogen-bond acceptors (Lipinski definition) is 2. The molecule has 2 aromatic rings. The van der Waals surface area contributed by atoms with Gasteiger partial charge in [-0.15, -0.1) is 0 Å². The summed E-state index contributed by atoms with van der Waals surface area (Å²) in [4.78, 5) is 3.81. The molecular weight excluding hydrogens is 270 g/mol. The van der Waals surface area contributed by atoms with Crippen molar-refractivity contribution in [3.8, 4) is 0 Å². The quantitative estimate of drug-likeness (QED) is 0.925. The fraction of sp³-hybridized carbons (Fsp3) is 0.214. The molecule has 0 amide bonds. The molecule has 0 saturated carbocycles. The van der Waals surface area contributed by atoms with Gasteiger partial charge in [0, 0.05) is 11.2 Å². The van der Waals surface area contributed by atoms with Gasteiger partial charge in [-0.25, -0.2) is 8.78 Å². The SMILES string of the molecule is CCNC(c1cncc(F)c1)c1cc(F)ccc1Cl. The minimum atomic E-state index is -0.437. The van der Waals surface area contributed by atoms with Gasteiger partial charge in [-0.05, 0) is 41.9 Å². The third-order valence-electron chi connectivity index (χ3n) is 2.74. The van der Waals surface area contributed by atoms with E-state index in [-0.39, 0.29) is 5.82 Å². The third-order valence-corrected chi connectivity index (χ3v) is 3.08. The predicted octanol–water partition coefficient (Wildman–Crippen LogP) is 3.71. The Morgan fingerprint density at radius 2 is 2.00 bits per heavy atom. The molecule has 0 fully saturated rings. The van der Waals surface area contributed by atoms with Gasteiger partial charge in [0.1, 0.15) is 11.6 Å². The van der Waals surface area contributed by atoms with Gasteiger partial charge in [0.15, 0.2) is 0 Å². The van der Waals surface area contributed by atoms with E-state index < -0.39 is 11.9 Å². The van der Waals surface area contributed by atoms with Gasteiger partial charge >= 0.3 is 0 Å². The van der Waals surface area contributed by atoms with Crippen LogP contribution in [0.1, 0.15) is 24.1 Å². The maximum atomic E-state index is 13.4. The Morgan fingerprint density at radius 3 is 2.68 bits per heavy atom. The van der Waals surface area contributed by atoms with Gasteiger partial charge in [0.25, 0.3) is 0 Å². The van der Waals surface area contributed by atoms with Gasteiger partial charge < -0.3 is 5.32 Å². The fourth-order valence-electron chi connectivity index (χ4n) is 1.93. The second-order valence-electron chi connectivity index (χ2n) is 4.09. The maximum absolute atomic E-state index is 13.4. The Bertz CT molecular complexity index is 575. The molecule has 0 radical (unpaired) electrons. The number of pyridine rings is 1. The van der Waals surface area contributed by atoms with Crippen molar-refractivity contribution < 1.29 is 8.78 Å². The van der Waals surface area contributed by atoms with Gasteiger partial charge in [0.05, 0.1) is 12.2 Å². The van der Waals surface area contributed by atoms with Crippen LogP contribution in [0.5, 0.6) is 0 Å². The Balaban J connectivity index is 2.48. The van der Waals surface area contributed by atoms with Gasteiger partial charge in [-0.1, -0.05) is 18.5 Å². The summed E-state index contributed by atoms with van der Waals surface area (Å²) in [6.45, 7) is 2.54. The van der Waals surface area contributed by atoms with Crippen LogP contribution in [0.4, 0.5) is 8.78 Å². The van der Waals surface area contributed by atoms with E-state index in [0.29, 0.717) is 22.7 Å². The molecule has 0 saturated heterocycles. The highest BCUT2D eigenvalue weighted by Gasteiger charge is 2.17. The number of halogens is 3. The molecule has 2 nitrogen and oxygen atoms in total. The van der Waals surface area contributed by atoms with Crippen LogP contribution in [0.25, 0.3) is 0 Å². The zero-order chi connectivity index (χ0) is 13.8. The molecule has 5 heteroatoms. The predicted molar refractivity (Wildman–Crippen MR) is 71.1 cm³/mol. The Kier molecular flexibility index (Phi) is 4.45. The molecule has 2 rings (SSSR count). The monoisotopic (exact) mass is 282 g/mol. The first kappa shape index (κ1) is 13.9. The number of rotatable bonds is 4. The maximum Gasteiger partial charge on any atom is 0.141 e. The van der Waals surface area contributed by atoms with E-state index in [9.17, 15) is 8.78 Å². The van der Waals surface area contributed by atoms with Crippen LogP contribution >= 0.6 is 11.6 Å². The molecule has 1 heterocycles. The van der Waals surface area contributed by atoms with Crippen molar-refractivity contribution in [3.63, 3.8) is 0 Å². The lowest BCUT2D eigenvalue weighted by Crippen LogP contribution is -2.22. The minimum absolute atomic E-state index is 0.383. The Morgan fingerprint density at radius 1 is 1.21 bits per heavy atom. The number of benzene rings is 1. The highest BCUT2D eigenvalue weighted by Crippen LogP contribution is 2.28. The minimum Gasteiger partial charge on any atom is -0.306 e. The van der Waals surface area contributed by atoms with E-state index in [1.807, 2.05) is 6.92 Å². The first-order valence-corrected chi connectivity index (χ1v) is 6.28. The summed E-state index contributed by atoms with van der Waals surface area (Å²) in [6, 6.07) is 5.10. The lowest BCUT2D eigenvalue weighted by Gasteiger charge is -2.20. The first-order chi connectivity index (χ1) is 9.11. The van der Waals surface area contributed by atoms with Crippen LogP contribution < -0.4 is 5.32 Å². The molecular formula is C14H13ClF2N2. The molecule has 0 spiro atoms. The van der Waals surface area contributed by atoms with E-state index in [0.717, 1.165) is 6.20 Å². The summed E-state index contributed by atoms with van der Waals surface area (Å²) in [5.74, 6) is -0.820. The normalized spacial score (nSPS) is 12.4. The molecule has 0 aliphatic rings. The molecule has 0 bridgehead atoms. The summed E-state index contributed by atoms with van der Waals surface area (Å²) in [5.41, 5.74) is 1.17. The van der Waals surface area contributed by atoms with Crippen LogP contribution in [0.15, 0.2) is 36.7 Å². The number of nitrogens with zero attached hydrogens (tertiary/aromatic N) is 1. The standard InChI is InChI=1S/C14H13ClF2N2/c1-2-19-14(9-5-11(17)8-18-7-9)12-6-10(16)3-4-13(12)15/h3-8,14,19H,2H2,1H3. The topological polar surface area (TPSA) is 24.9 Å². The van der Waals surface area contributed by atoms with E-state index in [4.69, 9.17) is 11.6 Å². The van der Waals surface area contributed by atoms with Crippen LogP contribution in [-0.4, -0.2) is 11.5 Å². The number of aromatic nitrogens is 1. The number of hydrogen-bond donors (Lipinski definition) is 1. The van der Waals surface area contributed by atoms with Crippen molar-refractivity contribution in [2.24, 2.45) is 0 Å². The van der Waals surface area contributed by atoms with Gasteiger partial charge in [-0.3, -0.25) is 4.98 Å². The molecule has 0 aliphatic carbocycles. The average Bonchev–Trinajstić information content (AvgIpc) is 2.39. The fourth-order valence-corrected chi connectivity index (χ4v) is 2.16. The van der Waals surface area contributed by atoms with Crippen molar-refractivity contribution in [2.75, 3.05) is 6.54 Å². The molecule has 100 valence electrons. The van der Waals surface area contributed by atoms with Gasteiger partial charge in [-0.2, -0.15) is 0 Å². The van der Waals surface area contributed by atoms with Crippen LogP contribution in [0, 0.1) is 11.6 Å². The molecule has 1 unspecified atom stereocenters. The van der Waals surface area contributed by atoms with E-state index in [1.165, 1.54) is 30.5 Å². The second-order valence-corrected chi connectivity index (χ2v) is 4.50. The van der Waals surface area contributed by atoms with E-state index in [2.05, 4.69) is 10.3 Å². The molecule has 19 heavy (non-hydrogen) atoms. The van der Waals surface area contributed by atoms with Crippen molar-refractivity contribution in [3.05, 3.63) is 64.4 Å². The highest BCUT2D eigenvalue weighted by molar-refractivity contribution is 6.31.